The Morgan fingerprint density at radius 2 is 1.81 bits per heavy atom. The Morgan fingerprint density at radius 1 is 1.00 bits per heavy atom. The normalized spacial score (nSPS) is 18.4. The van der Waals surface area contributed by atoms with Crippen LogP contribution in [0.1, 0.15) is 22.7 Å². The number of hydrogen-bond acceptors (Lipinski definition) is 2. The Balaban J connectivity index is 2.15. The molecule has 0 spiro atoms. The van der Waals surface area contributed by atoms with E-state index in [-0.39, 0.29) is 18.5 Å². The average molecular weight is 321 g/mol. The zero-order valence-corrected chi connectivity index (χ0v) is 12.7. The quantitative estimate of drug-likeness (QED) is 0.846. The van der Waals surface area contributed by atoms with E-state index in [0.717, 1.165) is 16.7 Å². The van der Waals surface area contributed by atoms with Crippen LogP contribution in [0.4, 0.5) is 0 Å². The second kappa shape index (κ2) is 6.06. The molecule has 1 aliphatic rings. The molecule has 0 aliphatic carbocycles. The lowest BCUT2D eigenvalue weighted by molar-refractivity contribution is -0.120. The van der Waals surface area contributed by atoms with Crippen LogP contribution < -0.4 is 10.6 Å². The van der Waals surface area contributed by atoms with Crippen molar-refractivity contribution in [3.63, 3.8) is 0 Å². The first-order chi connectivity index (χ1) is 10.1. The van der Waals surface area contributed by atoms with E-state index in [1.54, 1.807) is 0 Å². The van der Waals surface area contributed by atoms with Crippen LogP contribution in [-0.2, 0) is 11.3 Å². The lowest BCUT2D eigenvalue weighted by Crippen LogP contribution is -2.39. The minimum absolute atomic E-state index is 0.0643. The maximum absolute atomic E-state index is 12.0. The molecule has 2 N–H and O–H groups in total. The molecule has 1 heterocycles. The second-order valence-corrected chi connectivity index (χ2v) is 5.81. The predicted molar refractivity (Wildman–Crippen MR) is 84.6 cm³/mol. The monoisotopic (exact) mass is 320 g/mol. The fraction of sp³-hybridized carbons (Fsp3) is 0.188. The molecule has 1 amide bonds. The summed E-state index contributed by atoms with van der Waals surface area (Å²) >= 11 is 12.4. The Hall–Kier alpha value is -1.55. The van der Waals surface area contributed by atoms with Crippen LogP contribution in [0.25, 0.3) is 0 Å². The first-order valence-corrected chi connectivity index (χ1v) is 7.43. The van der Waals surface area contributed by atoms with Crippen LogP contribution >= 0.6 is 23.2 Å². The molecular weight excluding hydrogens is 307 g/mol. The molecule has 0 bridgehead atoms. The Morgan fingerprint density at radius 3 is 2.62 bits per heavy atom. The Kier molecular flexibility index (Phi) is 4.15. The highest BCUT2D eigenvalue weighted by molar-refractivity contribution is 6.31. The minimum Gasteiger partial charge on any atom is -0.344 e. The summed E-state index contributed by atoms with van der Waals surface area (Å²) in [5.41, 5.74) is 2.94. The fourth-order valence-corrected chi connectivity index (χ4v) is 2.98. The highest BCUT2D eigenvalue weighted by Gasteiger charge is 2.23. The van der Waals surface area contributed by atoms with E-state index in [2.05, 4.69) is 10.6 Å². The van der Waals surface area contributed by atoms with Crippen molar-refractivity contribution in [1.29, 1.82) is 0 Å². The van der Waals surface area contributed by atoms with E-state index in [0.29, 0.717) is 16.6 Å². The van der Waals surface area contributed by atoms with E-state index in [1.165, 1.54) is 0 Å². The third kappa shape index (κ3) is 3.05. The number of fused-ring (bicyclic) bond motifs is 1. The first-order valence-electron chi connectivity index (χ1n) is 6.68. The van der Waals surface area contributed by atoms with Crippen LogP contribution in [0.5, 0.6) is 0 Å². The van der Waals surface area contributed by atoms with Gasteiger partial charge >= 0.3 is 0 Å². The van der Waals surface area contributed by atoms with Gasteiger partial charge in [-0.3, -0.25) is 4.79 Å². The molecule has 0 saturated heterocycles. The van der Waals surface area contributed by atoms with E-state index < -0.39 is 0 Å². The first kappa shape index (κ1) is 14.4. The molecule has 0 saturated carbocycles. The van der Waals surface area contributed by atoms with Gasteiger partial charge in [-0.15, -0.1) is 0 Å². The van der Waals surface area contributed by atoms with Crippen LogP contribution in [0.3, 0.4) is 0 Å². The van der Waals surface area contributed by atoms with Crippen LogP contribution in [0.2, 0.25) is 10.0 Å². The Labute approximate surface area is 133 Å². The third-order valence-electron chi connectivity index (χ3n) is 3.54. The molecule has 0 fully saturated rings. The SMILES string of the molecule is O=C1CNCc2ccc(Cl)cc2C(c2ccccc2Cl)N1. The molecule has 0 radical (unpaired) electrons. The molecule has 1 aliphatic heterocycles. The van der Waals surface area contributed by atoms with E-state index in [1.807, 2.05) is 42.5 Å². The zero-order valence-electron chi connectivity index (χ0n) is 11.2. The van der Waals surface area contributed by atoms with Gasteiger partial charge in [0.15, 0.2) is 0 Å². The molecule has 2 aromatic rings. The van der Waals surface area contributed by atoms with Crippen molar-refractivity contribution in [1.82, 2.24) is 10.6 Å². The maximum atomic E-state index is 12.0. The van der Waals surface area contributed by atoms with Crippen LogP contribution in [0, 0.1) is 0 Å². The van der Waals surface area contributed by atoms with Crippen molar-refractivity contribution in [2.75, 3.05) is 6.54 Å². The number of carbonyl (C=O) groups excluding carboxylic acids is 1. The smallest absolute Gasteiger partial charge is 0.234 e. The van der Waals surface area contributed by atoms with Crippen molar-refractivity contribution in [2.45, 2.75) is 12.6 Å². The fourth-order valence-electron chi connectivity index (χ4n) is 2.55. The molecule has 21 heavy (non-hydrogen) atoms. The largest absolute Gasteiger partial charge is 0.344 e. The molecule has 3 rings (SSSR count). The maximum Gasteiger partial charge on any atom is 0.234 e. The number of benzene rings is 2. The summed E-state index contributed by atoms with van der Waals surface area (Å²) in [4.78, 5) is 12.0. The summed E-state index contributed by atoms with van der Waals surface area (Å²) in [6, 6.07) is 13.0. The van der Waals surface area contributed by atoms with Gasteiger partial charge in [-0.05, 0) is 34.9 Å². The number of rotatable bonds is 1. The molecule has 3 nitrogen and oxygen atoms in total. The highest BCUT2D eigenvalue weighted by Crippen LogP contribution is 2.32. The van der Waals surface area contributed by atoms with Crippen molar-refractivity contribution in [3.8, 4) is 0 Å². The van der Waals surface area contributed by atoms with Gasteiger partial charge in [0.25, 0.3) is 0 Å². The molecule has 1 unspecified atom stereocenters. The summed E-state index contributed by atoms with van der Waals surface area (Å²) in [6.07, 6.45) is 0. The van der Waals surface area contributed by atoms with Crippen molar-refractivity contribution < 1.29 is 4.79 Å². The van der Waals surface area contributed by atoms with Crippen LogP contribution in [0.15, 0.2) is 42.5 Å². The standard InChI is InChI=1S/C16H14Cl2N2O/c17-11-6-5-10-8-19-9-15(21)20-16(13(10)7-11)12-3-1-2-4-14(12)18/h1-7,16,19H,8-9H2,(H,20,21). The molecular formula is C16H14Cl2N2O. The number of carbonyl (C=O) groups is 1. The summed E-state index contributed by atoms with van der Waals surface area (Å²) < 4.78 is 0. The number of halogens is 2. The van der Waals surface area contributed by atoms with Gasteiger partial charge in [-0.25, -0.2) is 0 Å². The van der Waals surface area contributed by atoms with Crippen molar-refractivity contribution >= 4 is 29.1 Å². The topological polar surface area (TPSA) is 41.1 Å². The number of nitrogens with one attached hydrogen (secondary N) is 2. The van der Waals surface area contributed by atoms with Gasteiger partial charge in [0, 0.05) is 16.6 Å². The second-order valence-electron chi connectivity index (χ2n) is 4.97. The van der Waals surface area contributed by atoms with Gasteiger partial charge in [-0.1, -0.05) is 47.5 Å². The Bertz CT molecular complexity index is 688. The summed E-state index contributed by atoms with van der Waals surface area (Å²) in [5.74, 6) is -0.0643. The summed E-state index contributed by atoms with van der Waals surface area (Å²) in [5, 5.41) is 7.39. The molecule has 2 aromatic carbocycles. The lowest BCUT2D eigenvalue weighted by Gasteiger charge is -2.26. The van der Waals surface area contributed by atoms with Gasteiger partial charge in [0.2, 0.25) is 5.91 Å². The van der Waals surface area contributed by atoms with Crippen LogP contribution in [-0.4, -0.2) is 12.5 Å². The van der Waals surface area contributed by atoms with Gasteiger partial charge in [0.05, 0.1) is 12.6 Å². The molecule has 0 aromatic heterocycles. The van der Waals surface area contributed by atoms with Crippen molar-refractivity contribution in [3.05, 3.63) is 69.2 Å². The molecule has 108 valence electrons. The predicted octanol–water partition coefficient (Wildman–Crippen LogP) is 3.30. The third-order valence-corrected chi connectivity index (χ3v) is 4.12. The van der Waals surface area contributed by atoms with Gasteiger partial charge < -0.3 is 10.6 Å². The molecule has 1 atom stereocenters. The van der Waals surface area contributed by atoms with E-state index in [9.17, 15) is 4.79 Å². The van der Waals surface area contributed by atoms with E-state index >= 15 is 0 Å². The average Bonchev–Trinajstić information content (AvgIpc) is 2.45. The van der Waals surface area contributed by atoms with Crippen molar-refractivity contribution in [2.24, 2.45) is 0 Å². The molecule has 5 heteroatoms. The lowest BCUT2D eigenvalue weighted by atomic mass is 9.93. The van der Waals surface area contributed by atoms with E-state index in [4.69, 9.17) is 23.2 Å². The number of amides is 1. The number of hydrogen-bond donors (Lipinski definition) is 2. The zero-order chi connectivity index (χ0) is 14.8. The van der Waals surface area contributed by atoms with Gasteiger partial charge in [0.1, 0.15) is 0 Å². The van der Waals surface area contributed by atoms with Gasteiger partial charge in [-0.2, -0.15) is 0 Å². The minimum atomic E-state index is -0.290. The summed E-state index contributed by atoms with van der Waals surface area (Å²) in [6.45, 7) is 0.907. The highest BCUT2D eigenvalue weighted by atomic mass is 35.5. The summed E-state index contributed by atoms with van der Waals surface area (Å²) in [7, 11) is 0.